The maximum atomic E-state index is 6.03. The zero-order valence-electron chi connectivity index (χ0n) is 13.3. The van der Waals surface area contributed by atoms with Gasteiger partial charge in [0.25, 0.3) is 0 Å². The summed E-state index contributed by atoms with van der Waals surface area (Å²) in [7, 11) is 0. The topological polar surface area (TPSA) is 21.3 Å². The summed E-state index contributed by atoms with van der Waals surface area (Å²) in [6.45, 7) is 3.31. The minimum atomic E-state index is 0.331. The Labute approximate surface area is 129 Å². The number of fused-ring (bicyclic) bond motifs is 1. The fraction of sp³-hybridized carbons (Fsp3) is 0.684. The lowest BCUT2D eigenvalue weighted by atomic mass is 9.95. The van der Waals surface area contributed by atoms with E-state index >= 15 is 0 Å². The monoisotopic (exact) mass is 287 g/mol. The molecule has 1 saturated carbocycles. The van der Waals surface area contributed by atoms with E-state index in [1.807, 2.05) is 0 Å². The van der Waals surface area contributed by atoms with Crippen LogP contribution in [0, 0.1) is 5.92 Å². The van der Waals surface area contributed by atoms with Crippen molar-refractivity contribution in [1.82, 2.24) is 5.32 Å². The van der Waals surface area contributed by atoms with E-state index in [0.717, 1.165) is 24.6 Å². The van der Waals surface area contributed by atoms with Crippen molar-refractivity contribution in [2.24, 2.45) is 5.92 Å². The Hall–Kier alpha value is -1.02. The number of hydrogen-bond acceptors (Lipinski definition) is 2. The minimum absolute atomic E-state index is 0.331. The molecule has 1 N–H and O–H groups in total. The van der Waals surface area contributed by atoms with E-state index in [2.05, 4.69) is 36.5 Å². The highest BCUT2D eigenvalue weighted by Crippen LogP contribution is 2.29. The van der Waals surface area contributed by atoms with Crippen LogP contribution in [0.1, 0.15) is 57.4 Å². The van der Waals surface area contributed by atoms with Gasteiger partial charge in [0.15, 0.2) is 0 Å². The Morgan fingerprint density at radius 1 is 1.14 bits per heavy atom. The molecule has 1 aromatic carbocycles. The van der Waals surface area contributed by atoms with Crippen LogP contribution in [-0.4, -0.2) is 18.7 Å². The molecule has 2 nitrogen and oxygen atoms in total. The van der Waals surface area contributed by atoms with Crippen molar-refractivity contribution < 1.29 is 4.74 Å². The Bertz CT molecular complexity index is 420. The molecule has 21 heavy (non-hydrogen) atoms. The lowest BCUT2D eigenvalue weighted by Crippen LogP contribution is -2.37. The number of rotatable bonds is 5. The highest BCUT2D eigenvalue weighted by molar-refractivity contribution is 5.37. The zero-order chi connectivity index (χ0) is 14.5. The van der Waals surface area contributed by atoms with Crippen LogP contribution in [-0.2, 0) is 6.42 Å². The molecule has 3 unspecified atom stereocenters. The van der Waals surface area contributed by atoms with Gasteiger partial charge in [0.05, 0.1) is 0 Å². The van der Waals surface area contributed by atoms with Gasteiger partial charge in [-0.2, -0.15) is 0 Å². The van der Waals surface area contributed by atoms with Crippen LogP contribution in [0.25, 0.3) is 0 Å². The summed E-state index contributed by atoms with van der Waals surface area (Å²) in [5, 5.41) is 3.78. The van der Waals surface area contributed by atoms with E-state index in [1.54, 1.807) is 0 Å². The second-order valence-corrected chi connectivity index (χ2v) is 6.82. The molecule has 1 fully saturated rings. The number of benzene rings is 1. The van der Waals surface area contributed by atoms with Crippen molar-refractivity contribution in [2.45, 2.75) is 70.4 Å². The minimum Gasteiger partial charge on any atom is -0.488 e. The molecule has 1 aromatic rings. The summed E-state index contributed by atoms with van der Waals surface area (Å²) < 4.78 is 6.03. The number of nitrogens with one attached hydrogen (secondary N) is 1. The summed E-state index contributed by atoms with van der Waals surface area (Å²) in [6.07, 6.45) is 11.1. The van der Waals surface area contributed by atoms with Crippen LogP contribution >= 0.6 is 0 Å². The first-order valence-electron chi connectivity index (χ1n) is 8.83. The van der Waals surface area contributed by atoms with Gasteiger partial charge < -0.3 is 10.1 Å². The van der Waals surface area contributed by atoms with Crippen LogP contribution in [0.3, 0.4) is 0 Å². The number of para-hydroxylation sites is 1. The average molecular weight is 287 g/mol. The van der Waals surface area contributed by atoms with Crippen molar-refractivity contribution in [1.29, 1.82) is 0 Å². The number of hydrogen-bond donors (Lipinski definition) is 1. The molecule has 3 atom stereocenters. The molecular weight excluding hydrogens is 258 g/mol. The van der Waals surface area contributed by atoms with Gasteiger partial charge in [0, 0.05) is 19.0 Å². The molecule has 1 aliphatic carbocycles. The van der Waals surface area contributed by atoms with Gasteiger partial charge in [0.2, 0.25) is 0 Å². The molecule has 1 heterocycles. The highest BCUT2D eigenvalue weighted by atomic mass is 16.5. The average Bonchev–Trinajstić information content (AvgIpc) is 2.79. The molecule has 3 rings (SSSR count). The number of ether oxygens (including phenoxy) is 1. The molecule has 0 saturated heterocycles. The van der Waals surface area contributed by atoms with Crippen LogP contribution in [0.15, 0.2) is 24.3 Å². The summed E-state index contributed by atoms with van der Waals surface area (Å²) >= 11 is 0. The van der Waals surface area contributed by atoms with Gasteiger partial charge in [-0.05, 0) is 36.8 Å². The van der Waals surface area contributed by atoms with Crippen molar-refractivity contribution >= 4 is 0 Å². The van der Waals surface area contributed by atoms with E-state index in [-0.39, 0.29) is 0 Å². The van der Waals surface area contributed by atoms with Crippen molar-refractivity contribution in [3.05, 3.63) is 29.8 Å². The first-order chi connectivity index (χ1) is 10.3. The molecule has 0 bridgehead atoms. The first-order valence-corrected chi connectivity index (χ1v) is 8.83. The van der Waals surface area contributed by atoms with Crippen molar-refractivity contribution in [3.8, 4) is 5.75 Å². The molecule has 0 amide bonds. The smallest absolute Gasteiger partial charge is 0.123 e. The lowest BCUT2D eigenvalue weighted by Gasteiger charge is -2.19. The van der Waals surface area contributed by atoms with Crippen molar-refractivity contribution in [3.63, 3.8) is 0 Å². The van der Waals surface area contributed by atoms with E-state index in [0.29, 0.717) is 12.1 Å². The lowest BCUT2D eigenvalue weighted by molar-refractivity contribution is 0.218. The van der Waals surface area contributed by atoms with Crippen LogP contribution in [0.2, 0.25) is 0 Å². The zero-order valence-corrected chi connectivity index (χ0v) is 13.3. The van der Waals surface area contributed by atoms with E-state index in [9.17, 15) is 0 Å². The highest BCUT2D eigenvalue weighted by Gasteiger charge is 2.24. The summed E-state index contributed by atoms with van der Waals surface area (Å²) in [6, 6.07) is 9.16. The molecule has 1 aliphatic heterocycles. The Morgan fingerprint density at radius 2 is 2.05 bits per heavy atom. The molecule has 0 radical (unpaired) electrons. The van der Waals surface area contributed by atoms with Gasteiger partial charge in [-0.3, -0.25) is 0 Å². The first kappa shape index (κ1) is 14.9. The Kier molecular flexibility index (Phi) is 5.18. The fourth-order valence-electron chi connectivity index (χ4n) is 3.95. The SMILES string of the molecule is CCCC1CCCC(NCC2Cc3ccccc3O2)CC1. The predicted octanol–water partition coefficient (Wildman–Crippen LogP) is 4.33. The summed E-state index contributed by atoms with van der Waals surface area (Å²) in [5.74, 6) is 2.07. The standard InChI is InChI=1S/C19H29NO/c1-2-6-15-7-5-9-17(12-11-15)20-14-18-13-16-8-3-4-10-19(16)21-18/h3-4,8,10,15,17-18,20H,2,5-7,9,11-14H2,1H3. The Balaban J connectivity index is 1.42. The van der Waals surface area contributed by atoms with Crippen molar-refractivity contribution in [2.75, 3.05) is 6.54 Å². The third-order valence-corrected chi connectivity index (χ3v) is 5.13. The van der Waals surface area contributed by atoms with Crippen LogP contribution < -0.4 is 10.1 Å². The molecule has 0 aromatic heterocycles. The second-order valence-electron chi connectivity index (χ2n) is 6.82. The molecule has 2 aliphatic rings. The Morgan fingerprint density at radius 3 is 2.90 bits per heavy atom. The largest absolute Gasteiger partial charge is 0.488 e. The van der Waals surface area contributed by atoms with Gasteiger partial charge in [0.1, 0.15) is 11.9 Å². The van der Waals surface area contributed by atoms with Crippen LogP contribution in [0.5, 0.6) is 5.75 Å². The second kappa shape index (κ2) is 7.31. The third-order valence-electron chi connectivity index (χ3n) is 5.13. The van der Waals surface area contributed by atoms with Crippen LogP contribution in [0.4, 0.5) is 0 Å². The fourth-order valence-corrected chi connectivity index (χ4v) is 3.95. The van der Waals surface area contributed by atoms with E-state index in [1.165, 1.54) is 50.5 Å². The van der Waals surface area contributed by atoms with Gasteiger partial charge >= 0.3 is 0 Å². The van der Waals surface area contributed by atoms with E-state index < -0.39 is 0 Å². The third kappa shape index (κ3) is 4.00. The predicted molar refractivity (Wildman–Crippen MR) is 87.8 cm³/mol. The summed E-state index contributed by atoms with van der Waals surface area (Å²) in [4.78, 5) is 0. The molecule has 116 valence electrons. The molecule has 0 spiro atoms. The van der Waals surface area contributed by atoms with Gasteiger partial charge in [-0.15, -0.1) is 0 Å². The summed E-state index contributed by atoms with van der Waals surface area (Å²) in [5.41, 5.74) is 1.37. The van der Waals surface area contributed by atoms with E-state index in [4.69, 9.17) is 4.74 Å². The maximum absolute atomic E-state index is 6.03. The molecule has 2 heteroatoms. The normalized spacial score (nSPS) is 28.7. The maximum Gasteiger partial charge on any atom is 0.123 e. The van der Waals surface area contributed by atoms with Gasteiger partial charge in [-0.25, -0.2) is 0 Å². The molecular formula is C19H29NO. The van der Waals surface area contributed by atoms with Gasteiger partial charge in [-0.1, -0.05) is 50.8 Å². The quantitative estimate of drug-likeness (QED) is 0.814.